The Morgan fingerprint density at radius 3 is 2.33 bits per heavy atom. The molecule has 2 saturated heterocycles. The molecule has 2 fully saturated rings. The van der Waals surface area contributed by atoms with Gasteiger partial charge in [-0.1, -0.05) is 58.4 Å². The van der Waals surface area contributed by atoms with E-state index in [0.29, 0.717) is 30.4 Å². The molecule has 45 heavy (non-hydrogen) atoms. The van der Waals surface area contributed by atoms with Crippen LogP contribution in [0.2, 0.25) is 0 Å². The summed E-state index contributed by atoms with van der Waals surface area (Å²) in [5, 5.41) is 2.93. The normalized spacial score (nSPS) is 17.8. The van der Waals surface area contributed by atoms with Crippen LogP contribution in [0.25, 0.3) is 11.3 Å². The fourth-order valence-corrected chi connectivity index (χ4v) is 8.02. The van der Waals surface area contributed by atoms with Crippen LogP contribution in [-0.4, -0.2) is 54.3 Å². The molecule has 1 N–H and O–H groups in total. The molecule has 1 amide bonds. The van der Waals surface area contributed by atoms with E-state index in [1.807, 2.05) is 36.4 Å². The van der Waals surface area contributed by atoms with Gasteiger partial charge in [0.2, 0.25) is 21.9 Å². The highest BCUT2D eigenvalue weighted by Gasteiger charge is 2.39. The molecule has 3 heterocycles. The van der Waals surface area contributed by atoms with Gasteiger partial charge in [-0.2, -0.15) is 4.31 Å². The molecule has 2 aliphatic heterocycles. The Kier molecular flexibility index (Phi) is 9.58. The van der Waals surface area contributed by atoms with Crippen LogP contribution < -0.4 is 10.2 Å². The molecule has 6 rings (SSSR count). The number of nitrogens with one attached hydrogen (secondary N) is 1. The van der Waals surface area contributed by atoms with Gasteiger partial charge in [-0.05, 0) is 86.1 Å². The molecule has 234 valence electrons. The highest BCUT2D eigenvalue weighted by molar-refractivity contribution is 9.10. The summed E-state index contributed by atoms with van der Waals surface area (Å²) in [5.41, 5.74) is 3.68. The lowest BCUT2D eigenvalue weighted by molar-refractivity contribution is -0.124. The van der Waals surface area contributed by atoms with Crippen molar-refractivity contribution in [2.75, 3.05) is 24.5 Å². The monoisotopic (exact) mass is 691 g/mol. The van der Waals surface area contributed by atoms with Gasteiger partial charge in [0, 0.05) is 29.7 Å². The molecule has 0 radical (unpaired) electrons. The van der Waals surface area contributed by atoms with Crippen LogP contribution in [0.5, 0.6) is 0 Å². The van der Waals surface area contributed by atoms with E-state index in [-0.39, 0.29) is 23.9 Å². The zero-order valence-electron chi connectivity index (χ0n) is 24.8. The van der Waals surface area contributed by atoms with Crippen molar-refractivity contribution in [1.29, 1.82) is 0 Å². The predicted octanol–water partition coefficient (Wildman–Crippen LogP) is 5.97. The minimum atomic E-state index is -3.96. The van der Waals surface area contributed by atoms with Crippen molar-refractivity contribution < 1.29 is 17.6 Å². The number of piperidine rings is 1. The number of hydrogen-bond donors (Lipinski definition) is 1. The summed E-state index contributed by atoms with van der Waals surface area (Å²) in [6.07, 6.45) is 4.09. The molecule has 1 aromatic heterocycles. The highest BCUT2D eigenvalue weighted by Crippen LogP contribution is 2.29. The zero-order valence-corrected chi connectivity index (χ0v) is 27.2. The largest absolute Gasteiger partial charge is 0.349 e. The lowest BCUT2D eigenvalue weighted by Crippen LogP contribution is -2.45. The summed E-state index contributed by atoms with van der Waals surface area (Å²) in [5.74, 6) is 0.315. The maximum Gasteiger partial charge on any atom is 0.243 e. The number of aromatic nitrogens is 2. The average Bonchev–Trinajstić information content (AvgIpc) is 3.56. The topological polar surface area (TPSA) is 95.5 Å². The third-order valence-electron chi connectivity index (χ3n) is 8.54. The van der Waals surface area contributed by atoms with Crippen molar-refractivity contribution in [1.82, 2.24) is 19.6 Å². The predicted molar refractivity (Wildman–Crippen MR) is 175 cm³/mol. The van der Waals surface area contributed by atoms with Crippen molar-refractivity contribution in [2.45, 2.75) is 49.6 Å². The van der Waals surface area contributed by atoms with E-state index < -0.39 is 21.9 Å². The van der Waals surface area contributed by atoms with Gasteiger partial charge in [0.1, 0.15) is 11.9 Å². The summed E-state index contributed by atoms with van der Waals surface area (Å²) < 4.78 is 42.2. The van der Waals surface area contributed by atoms with E-state index >= 15 is 0 Å². The first kappa shape index (κ1) is 31.3. The van der Waals surface area contributed by atoms with E-state index in [2.05, 4.69) is 50.4 Å². The van der Waals surface area contributed by atoms with E-state index in [0.717, 1.165) is 60.2 Å². The fourth-order valence-electron chi connectivity index (χ4n) is 6.10. The SMILES string of the molecule is O=C(NCc1cc(-c2ccc(Br)cc2)nc(N2CCC(Cc3ccccc3)CC2)n1)[C@@H]1CCCN1S(=O)(=O)c1ccc(F)cc1. The van der Waals surface area contributed by atoms with Gasteiger partial charge in [0.05, 0.1) is 22.8 Å². The number of rotatable bonds is 9. The molecule has 3 aromatic carbocycles. The lowest BCUT2D eigenvalue weighted by atomic mass is 9.90. The van der Waals surface area contributed by atoms with Crippen molar-refractivity contribution in [3.63, 3.8) is 0 Å². The van der Waals surface area contributed by atoms with Gasteiger partial charge < -0.3 is 10.2 Å². The zero-order chi connectivity index (χ0) is 31.4. The van der Waals surface area contributed by atoms with Gasteiger partial charge in [0.25, 0.3) is 0 Å². The van der Waals surface area contributed by atoms with E-state index in [1.54, 1.807) is 0 Å². The fraction of sp³-hybridized carbons (Fsp3) is 0.324. The number of carbonyl (C=O) groups excluding carboxylic acids is 1. The average molecular weight is 693 g/mol. The molecule has 11 heteroatoms. The first-order valence-electron chi connectivity index (χ1n) is 15.2. The Morgan fingerprint density at radius 1 is 0.911 bits per heavy atom. The van der Waals surface area contributed by atoms with Crippen LogP contribution >= 0.6 is 15.9 Å². The van der Waals surface area contributed by atoms with Crippen LogP contribution in [0.1, 0.15) is 36.9 Å². The van der Waals surface area contributed by atoms with Crippen LogP contribution in [0.3, 0.4) is 0 Å². The van der Waals surface area contributed by atoms with Crippen molar-refractivity contribution >= 4 is 37.8 Å². The number of nitrogens with zero attached hydrogens (tertiary/aromatic N) is 4. The van der Waals surface area contributed by atoms with Crippen molar-refractivity contribution in [2.24, 2.45) is 5.92 Å². The molecule has 1 atom stereocenters. The van der Waals surface area contributed by atoms with Crippen molar-refractivity contribution in [3.05, 3.63) is 106 Å². The second kappa shape index (κ2) is 13.8. The summed E-state index contributed by atoms with van der Waals surface area (Å²) in [7, 11) is -3.96. The van der Waals surface area contributed by atoms with Gasteiger partial charge in [-0.15, -0.1) is 0 Å². The maximum absolute atomic E-state index is 13.4. The Bertz CT molecular complexity index is 1730. The Hall–Kier alpha value is -3.67. The molecular weight excluding hydrogens is 657 g/mol. The second-order valence-electron chi connectivity index (χ2n) is 11.6. The third-order valence-corrected chi connectivity index (χ3v) is 11.0. The summed E-state index contributed by atoms with van der Waals surface area (Å²) in [6.45, 7) is 2.03. The summed E-state index contributed by atoms with van der Waals surface area (Å²) in [4.78, 5) is 25.4. The van der Waals surface area contributed by atoms with E-state index in [9.17, 15) is 17.6 Å². The molecule has 2 aliphatic rings. The minimum absolute atomic E-state index is 0.0317. The number of anilines is 1. The molecular formula is C34H35BrFN5O3S. The highest BCUT2D eigenvalue weighted by atomic mass is 79.9. The van der Waals surface area contributed by atoms with Crippen LogP contribution in [-0.2, 0) is 27.8 Å². The van der Waals surface area contributed by atoms with Crippen LogP contribution in [0.4, 0.5) is 10.3 Å². The maximum atomic E-state index is 13.4. The quantitative estimate of drug-likeness (QED) is 0.232. The number of hydrogen-bond acceptors (Lipinski definition) is 6. The number of sulfonamides is 1. The van der Waals surface area contributed by atoms with Crippen LogP contribution in [0, 0.1) is 11.7 Å². The number of carbonyl (C=O) groups is 1. The Labute approximate surface area is 271 Å². The van der Waals surface area contributed by atoms with E-state index in [1.165, 1.54) is 22.0 Å². The minimum Gasteiger partial charge on any atom is -0.349 e. The van der Waals surface area contributed by atoms with Gasteiger partial charge in [-0.25, -0.2) is 22.8 Å². The standard InChI is InChI=1S/C34H35BrFN5O3S/c35-27-10-8-26(9-11-27)31-22-29(38-34(39-31)40-19-16-25(17-20-40)21-24-5-2-1-3-6-24)23-37-33(42)32-7-4-18-41(32)45(43,44)30-14-12-28(36)13-15-30/h1-3,5-6,8-15,22,25,32H,4,7,16-21,23H2,(H,37,42)/t32-/m0/s1. The Morgan fingerprint density at radius 2 is 1.62 bits per heavy atom. The molecule has 0 aliphatic carbocycles. The molecule has 0 bridgehead atoms. The van der Waals surface area contributed by atoms with Gasteiger partial charge in [0.15, 0.2) is 0 Å². The van der Waals surface area contributed by atoms with Gasteiger partial charge in [-0.3, -0.25) is 4.79 Å². The number of benzene rings is 3. The summed E-state index contributed by atoms with van der Waals surface area (Å²) >= 11 is 3.50. The first-order chi connectivity index (χ1) is 21.8. The molecule has 0 unspecified atom stereocenters. The van der Waals surface area contributed by atoms with Gasteiger partial charge >= 0.3 is 0 Å². The smallest absolute Gasteiger partial charge is 0.243 e. The summed E-state index contributed by atoms with van der Waals surface area (Å²) in [6, 6.07) is 24.2. The van der Waals surface area contributed by atoms with Crippen LogP contribution in [0.15, 0.2) is 94.3 Å². The molecule has 0 saturated carbocycles. The molecule has 8 nitrogen and oxygen atoms in total. The van der Waals surface area contributed by atoms with E-state index in [4.69, 9.17) is 9.97 Å². The lowest BCUT2D eigenvalue weighted by Gasteiger charge is -2.32. The van der Waals surface area contributed by atoms with Crippen molar-refractivity contribution in [3.8, 4) is 11.3 Å². The molecule has 0 spiro atoms. The third kappa shape index (κ3) is 7.43. The molecule has 4 aromatic rings. The Balaban J connectivity index is 1.18. The second-order valence-corrected chi connectivity index (χ2v) is 14.4. The number of halogens is 2. The first-order valence-corrected chi connectivity index (χ1v) is 17.5. The number of amides is 1.